The number of aromatic amines is 1. The van der Waals surface area contributed by atoms with Crippen LogP contribution in [0, 0.1) is 0 Å². The van der Waals surface area contributed by atoms with Crippen molar-refractivity contribution in [3.05, 3.63) is 87.3 Å². The highest BCUT2D eigenvalue weighted by Gasteiger charge is 2.13. The number of esters is 1. The Labute approximate surface area is 142 Å². The number of hydrogen-bond donors (Lipinski definition) is 1. The molecule has 3 aromatic rings. The molecule has 120 valence electrons. The van der Waals surface area contributed by atoms with Gasteiger partial charge < -0.3 is 9.72 Å². The largest absolute Gasteiger partial charge is 0.456 e. The van der Waals surface area contributed by atoms with Crippen LogP contribution in [0.1, 0.15) is 16.1 Å². The number of benzene rings is 2. The van der Waals surface area contributed by atoms with Crippen molar-refractivity contribution < 1.29 is 9.53 Å². The van der Waals surface area contributed by atoms with E-state index in [0.717, 1.165) is 11.6 Å². The zero-order chi connectivity index (χ0) is 16.9. The van der Waals surface area contributed by atoms with E-state index in [2.05, 4.69) is 9.97 Å². The minimum Gasteiger partial charge on any atom is -0.456 e. The molecule has 0 fully saturated rings. The van der Waals surface area contributed by atoms with Crippen molar-refractivity contribution in [2.45, 2.75) is 6.61 Å². The van der Waals surface area contributed by atoms with Gasteiger partial charge in [-0.2, -0.15) is 0 Å². The summed E-state index contributed by atoms with van der Waals surface area (Å²) in [6, 6.07) is 17.2. The van der Waals surface area contributed by atoms with Crippen molar-refractivity contribution in [1.29, 1.82) is 0 Å². The van der Waals surface area contributed by atoms with Gasteiger partial charge in [0.25, 0.3) is 5.56 Å². The summed E-state index contributed by atoms with van der Waals surface area (Å²) < 4.78 is 5.20. The first kappa shape index (κ1) is 16.0. The molecular weight excluding hydrogens is 328 g/mol. The molecular formula is C18H13ClN2O3. The summed E-state index contributed by atoms with van der Waals surface area (Å²) in [6.07, 6.45) is 0. The molecule has 1 heterocycles. The van der Waals surface area contributed by atoms with Crippen molar-refractivity contribution in [3.8, 4) is 11.4 Å². The average Bonchev–Trinajstić information content (AvgIpc) is 2.60. The number of carbonyl (C=O) groups is 1. The van der Waals surface area contributed by atoms with Gasteiger partial charge in [-0.15, -0.1) is 0 Å². The molecule has 0 saturated carbocycles. The number of nitrogens with one attached hydrogen (secondary N) is 1. The average molecular weight is 341 g/mol. The molecule has 0 unspecified atom stereocenters. The van der Waals surface area contributed by atoms with Gasteiger partial charge in [0.05, 0.1) is 0 Å². The Morgan fingerprint density at radius 1 is 1.08 bits per heavy atom. The first-order valence-electron chi connectivity index (χ1n) is 7.20. The lowest BCUT2D eigenvalue weighted by Crippen LogP contribution is -2.15. The predicted octanol–water partition coefficient (Wildman–Crippen LogP) is 3.45. The number of nitrogens with zero attached hydrogens (tertiary/aromatic N) is 1. The maximum atomic E-state index is 12.2. The fraction of sp³-hybridized carbons (Fsp3) is 0.0556. The van der Waals surface area contributed by atoms with E-state index < -0.39 is 11.5 Å². The molecule has 6 heteroatoms. The summed E-state index contributed by atoms with van der Waals surface area (Å²) in [5.41, 5.74) is 0.972. The van der Waals surface area contributed by atoms with Crippen LogP contribution in [0.25, 0.3) is 11.4 Å². The first-order valence-corrected chi connectivity index (χ1v) is 7.58. The van der Waals surface area contributed by atoms with Crippen LogP contribution in [0.2, 0.25) is 5.02 Å². The fourth-order valence-electron chi connectivity index (χ4n) is 2.13. The Hall–Kier alpha value is -2.92. The molecule has 3 rings (SSSR count). The van der Waals surface area contributed by atoms with E-state index in [1.165, 1.54) is 0 Å². The molecule has 0 radical (unpaired) electrons. The van der Waals surface area contributed by atoms with Gasteiger partial charge in [0.2, 0.25) is 0 Å². The standard InChI is InChI=1S/C18H13ClN2O3/c19-14-8-4-7-13(9-14)17-20-15(10-16(22)21-17)18(23)24-11-12-5-2-1-3-6-12/h1-10H,11H2,(H,20,21,22). The lowest BCUT2D eigenvalue weighted by atomic mass is 10.2. The van der Waals surface area contributed by atoms with E-state index >= 15 is 0 Å². The third-order valence-corrected chi connectivity index (χ3v) is 3.50. The molecule has 0 amide bonds. The molecule has 0 atom stereocenters. The zero-order valence-electron chi connectivity index (χ0n) is 12.5. The Morgan fingerprint density at radius 2 is 1.88 bits per heavy atom. The van der Waals surface area contributed by atoms with Crippen molar-refractivity contribution in [1.82, 2.24) is 9.97 Å². The van der Waals surface area contributed by atoms with Gasteiger partial charge in [-0.1, -0.05) is 54.1 Å². The summed E-state index contributed by atoms with van der Waals surface area (Å²) in [6.45, 7) is 0.112. The van der Waals surface area contributed by atoms with Crippen LogP contribution in [0.5, 0.6) is 0 Å². The van der Waals surface area contributed by atoms with E-state index in [9.17, 15) is 9.59 Å². The van der Waals surface area contributed by atoms with Crippen molar-refractivity contribution >= 4 is 17.6 Å². The van der Waals surface area contributed by atoms with Crippen LogP contribution >= 0.6 is 11.6 Å². The van der Waals surface area contributed by atoms with E-state index in [1.54, 1.807) is 24.3 Å². The number of carbonyl (C=O) groups excluding carboxylic acids is 1. The molecule has 2 aromatic carbocycles. The molecule has 0 aliphatic carbocycles. The quantitative estimate of drug-likeness (QED) is 0.738. The second kappa shape index (κ2) is 7.10. The summed E-state index contributed by atoms with van der Waals surface area (Å²) in [5, 5.41) is 0.507. The highest BCUT2D eigenvalue weighted by Crippen LogP contribution is 2.18. The Morgan fingerprint density at radius 3 is 2.62 bits per heavy atom. The number of rotatable bonds is 4. The first-order chi connectivity index (χ1) is 11.6. The lowest BCUT2D eigenvalue weighted by Gasteiger charge is -2.06. The highest BCUT2D eigenvalue weighted by atomic mass is 35.5. The minimum absolute atomic E-state index is 0.0512. The molecule has 0 aliphatic heterocycles. The lowest BCUT2D eigenvalue weighted by molar-refractivity contribution is 0.0465. The van der Waals surface area contributed by atoms with Crippen LogP contribution in [-0.4, -0.2) is 15.9 Å². The van der Waals surface area contributed by atoms with Gasteiger partial charge in [0, 0.05) is 16.7 Å². The smallest absolute Gasteiger partial charge is 0.357 e. The molecule has 0 bridgehead atoms. The van der Waals surface area contributed by atoms with Gasteiger partial charge in [0.15, 0.2) is 5.69 Å². The van der Waals surface area contributed by atoms with E-state index in [0.29, 0.717) is 10.6 Å². The molecule has 5 nitrogen and oxygen atoms in total. The Balaban J connectivity index is 1.83. The van der Waals surface area contributed by atoms with Crippen LogP contribution < -0.4 is 5.56 Å². The predicted molar refractivity (Wildman–Crippen MR) is 90.9 cm³/mol. The molecule has 1 N–H and O–H groups in total. The third kappa shape index (κ3) is 3.88. The monoisotopic (exact) mass is 340 g/mol. The van der Waals surface area contributed by atoms with Crippen LogP contribution in [0.15, 0.2) is 65.5 Å². The van der Waals surface area contributed by atoms with Crippen molar-refractivity contribution in [2.24, 2.45) is 0 Å². The second-order valence-electron chi connectivity index (χ2n) is 5.05. The van der Waals surface area contributed by atoms with Gasteiger partial charge in [-0.25, -0.2) is 9.78 Å². The third-order valence-electron chi connectivity index (χ3n) is 3.26. The highest BCUT2D eigenvalue weighted by molar-refractivity contribution is 6.30. The van der Waals surface area contributed by atoms with Gasteiger partial charge in [-0.3, -0.25) is 4.79 Å². The van der Waals surface area contributed by atoms with Crippen molar-refractivity contribution in [3.63, 3.8) is 0 Å². The summed E-state index contributed by atoms with van der Waals surface area (Å²) >= 11 is 5.94. The summed E-state index contributed by atoms with van der Waals surface area (Å²) in [5.74, 6) is -0.398. The molecule has 24 heavy (non-hydrogen) atoms. The Kier molecular flexibility index (Phi) is 4.72. The molecule has 0 saturated heterocycles. The maximum Gasteiger partial charge on any atom is 0.357 e. The Bertz CT molecular complexity index is 923. The normalized spacial score (nSPS) is 10.4. The second-order valence-corrected chi connectivity index (χ2v) is 5.49. The number of H-pyrrole nitrogens is 1. The van der Waals surface area contributed by atoms with Crippen LogP contribution in [0.3, 0.4) is 0 Å². The molecule has 0 aliphatic rings. The van der Waals surface area contributed by atoms with Gasteiger partial charge >= 0.3 is 5.97 Å². The van der Waals surface area contributed by atoms with E-state index in [1.807, 2.05) is 30.3 Å². The van der Waals surface area contributed by atoms with Gasteiger partial charge in [0.1, 0.15) is 12.4 Å². The zero-order valence-corrected chi connectivity index (χ0v) is 13.3. The summed E-state index contributed by atoms with van der Waals surface area (Å²) in [7, 11) is 0. The van der Waals surface area contributed by atoms with Crippen molar-refractivity contribution in [2.75, 3.05) is 0 Å². The molecule has 1 aromatic heterocycles. The number of ether oxygens (including phenoxy) is 1. The number of aromatic nitrogens is 2. The number of halogens is 1. The summed E-state index contributed by atoms with van der Waals surface area (Å²) in [4.78, 5) is 30.7. The van der Waals surface area contributed by atoms with Crippen LogP contribution in [0.4, 0.5) is 0 Å². The topological polar surface area (TPSA) is 72.1 Å². The maximum absolute atomic E-state index is 12.2. The SMILES string of the molecule is O=C(OCc1ccccc1)c1cc(=O)[nH]c(-c2cccc(Cl)c2)n1. The minimum atomic E-state index is -0.659. The number of hydrogen-bond acceptors (Lipinski definition) is 4. The van der Waals surface area contributed by atoms with Gasteiger partial charge in [-0.05, 0) is 17.7 Å². The van der Waals surface area contributed by atoms with E-state index in [4.69, 9.17) is 16.3 Å². The van der Waals surface area contributed by atoms with E-state index in [-0.39, 0.29) is 18.1 Å². The van der Waals surface area contributed by atoms with Crippen LogP contribution in [-0.2, 0) is 11.3 Å². The molecule has 0 spiro atoms. The fourth-order valence-corrected chi connectivity index (χ4v) is 2.32.